The molecular weight excluding hydrogens is 336 g/mol. The van der Waals surface area contributed by atoms with Gasteiger partial charge in [0.05, 0.1) is 48.8 Å². The summed E-state index contributed by atoms with van der Waals surface area (Å²) in [5.41, 5.74) is 1.99. The molecule has 3 aromatic heterocycles. The number of carbonyl (C=O) groups excluding carboxylic acids is 1. The van der Waals surface area contributed by atoms with E-state index < -0.39 is 0 Å². The largest absolute Gasteiger partial charge is 0.482 e. The van der Waals surface area contributed by atoms with Crippen LogP contribution in [0.5, 0.6) is 5.75 Å². The van der Waals surface area contributed by atoms with Gasteiger partial charge in [0.25, 0.3) is 5.91 Å². The molecule has 0 aliphatic carbocycles. The fourth-order valence-electron chi connectivity index (χ4n) is 3.09. The van der Waals surface area contributed by atoms with E-state index in [0.717, 1.165) is 11.1 Å². The van der Waals surface area contributed by atoms with E-state index in [1.54, 1.807) is 41.1 Å². The van der Waals surface area contributed by atoms with Gasteiger partial charge in [-0.15, -0.1) is 0 Å². The number of ether oxygens (including phenoxy) is 2. The number of fused-ring (bicyclic) bond motifs is 1. The van der Waals surface area contributed by atoms with Crippen molar-refractivity contribution < 1.29 is 14.3 Å². The van der Waals surface area contributed by atoms with Crippen LogP contribution in [0.15, 0.2) is 24.7 Å². The van der Waals surface area contributed by atoms with Crippen molar-refractivity contribution in [3.63, 3.8) is 0 Å². The normalized spacial score (nSPS) is 19.8. The Morgan fingerprint density at radius 1 is 1.31 bits per heavy atom. The summed E-state index contributed by atoms with van der Waals surface area (Å²) >= 11 is 0. The van der Waals surface area contributed by atoms with Gasteiger partial charge in [0.2, 0.25) is 0 Å². The number of hydrogen-bond acceptors (Lipinski definition) is 6. The van der Waals surface area contributed by atoms with Crippen molar-refractivity contribution in [2.45, 2.75) is 19.1 Å². The Hall–Kier alpha value is -2.94. The molecule has 136 valence electrons. The maximum atomic E-state index is 12.9. The molecule has 1 aliphatic heterocycles. The van der Waals surface area contributed by atoms with E-state index in [2.05, 4.69) is 20.5 Å². The van der Waals surface area contributed by atoms with E-state index in [0.29, 0.717) is 30.2 Å². The molecule has 0 unspecified atom stereocenters. The zero-order chi connectivity index (χ0) is 18.3. The van der Waals surface area contributed by atoms with Crippen molar-refractivity contribution in [1.29, 1.82) is 0 Å². The van der Waals surface area contributed by atoms with E-state index in [1.165, 1.54) is 0 Å². The zero-order valence-corrected chi connectivity index (χ0v) is 14.8. The minimum atomic E-state index is -0.268. The Labute approximate surface area is 149 Å². The molecule has 1 fully saturated rings. The molecule has 1 saturated heterocycles. The Morgan fingerprint density at radius 3 is 2.92 bits per heavy atom. The van der Waals surface area contributed by atoms with Crippen LogP contribution in [0.4, 0.5) is 0 Å². The molecule has 9 nitrogen and oxygen atoms in total. The summed E-state index contributed by atoms with van der Waals surface area (Å²) in [4.78, 5) is 17.3. The fourth-order valence-corrected chi connectivity index (χ4v) is 3.09. The second-order valence-corrected chi connectivity index (χ2v) is 6.44. The maximum absolute atomic E-state index is 12.9. The highest BCUT2D eigenvalue weighted by Crippen LogP contribution is 2.20. The van der Waals surface area contributed by atoms with Crippen molar-refractivity contribution >= 4 is 16.9 Å². The number of hydrogen-bond donors (Lipinski definition) is 1. The van der Waals surface area contributed by atoms with Crippen molar-refractivity contribution in [2.24, 2.45) is 14.1 Å². The highest BCUT2D eigenvalue weighted by atomic mass is 16.5. The second-order valence-electron chi connectivity index (χ2n) is 6.44. The van der Waals surface area contributed by atoms with E-state index in [9.17, 15) is 4.79 Å². The van der Waals surface area contributed by atoms with Crippen LogP contribution >= 0.6 is 0 Å². The quantitative estimate of drug-likeness (QED) is 0.735. The minimum absolute atomic E-state index is 0.191. The smallest absolute Gasteiger partial charge is 0.252 e. The average Bonchev–Trinajstić information content (AvgIpc) is 3.30. The van der Waals surface area contributed by atoms with Gasteiger partial charge in [0.1, 0.15) is 6.10 Å². The molecule has 4 heterocycles. The van der Waals surface area contributed by atoms with Gasteiger partial charge in [-0.2, -0.15) is 10.2 Å². The summed E-state index contributed by atoms with van der Waals surface area (Å²) in [6.45, 7) is 2.67. The Balaban J connectivity index is 1.54. The van der Waals surface area contributed by atoms with Crippen molar-refractivity contribution in [3.05, 3.63) is 35.9 Å². The monoisotopic (exact) mass is 356 g/mol. The molecule has 0 saturated carbocycles. The molecule has 2 atom stereocenters. The number of aryl methyl sites for hydroxylation is 3. The molecular formula is C17H20N6O3. The van der Waals surface area contributed by atoms with Gasteiger partial charge < -0.3 is 14.8 Å². The first-order chi connectivity index (χ1) is 12.5. The fraction of sp³-hybridized carbons (Fsp3) is 0.412. The van der Waals surface area contributed by atoms with Crippen LogP contribution in [0.1, 0.15) is 16.1 Å². The lowest BCUT2D eigenvalue weighted by Gasteiger charge is -2.20. The molecule has 4 rings (SSSR count). The number of nitrogens with one attached hydrogen (secondary N) is 1. The van der Waals surface area contributed by atoms with Crippen molar-refractivity contribution in [2.75, 3.05) is 13.2 Å². The summed E-state index contributed by atoms with van der Waals surface area (Å²) in [6, 6.07) is 1.52. The summed E-state index contributed by atoms with van der Waals surface area (Å²) in [5.74, 6) is 0.459. The number of aromatic nitrogens is 5. The Morgan fingerprint density at radius 2 is 2.15 bits per heavy atom. The number of amides is 1. The molecule has 0 aromatic carbocycles. The predicted molar refractivity (Wildman–Crippen MR) is 92.9 cm³/mol. The van der Waals surface area contributed by atoms with Crippen molar-refractivity contribution in [1.82, 2.24) is 29.9 Å². The molecule has 1 aliphatic rings. The van der Waals surface area contributed by atoms with Crippen LogP contribution in [-0.4, -0.2) is 55.8 Å². The highest BCUT2D eigenvalue weighted by molar-refractivity contribution is 6.05. The number of carbonyl (C=O) groups is 1. The van der Waals surface area contributed by atoms with E-state index in [1.807, 2.05) is 14.0 Å². The van der Waals surface area contributed by atoms with Gasteiger partial charge in [-0.1, -0.05) is 0 Å². The molecule has 0 bridgehead atoms. The SMILES string of the molecule is Cc1cc(C(=O)N[C@H]2COC[C@H]2Oc2cnn(C)c2)c2cnn(C)c2n1. The van der Waals surface area contributed by atoms with Gasteiger partial charge in [-0.25, -0.2) is 4.98 Å². The third kappa shape index (κ3) is 3.01. The standard InChI is InChI=1S/C17H20N6O3/c1-10-4-12(13-6-19-23(3)16(13)20-10)17(24)21-14-8-25-9-15(14)26-11-5-18-22(2)7-11/h4-7,14-15H,8-9H2,1-3H3,(H,21,24)/t14-,15+/m0/s1. The zero-order valence-electron chi connectivity index (χ0n) is 14.8. The van der Waals surface area contributed by atoms with Crippen LogP contribution in [0.25, 0.3) is 11.0 Å². The Kier molecular flexibility index (Phi) is 4.08. The molecule has 9 heteroatoms. The van der Waals surface area contributed by atoms with Crippen LogP contribution in [0, 0.1) is 6.92 Å². The average molecular weight is 356 g/mol. The minimum Gasteiger partial charge on any atom is -0.482 e. The summed E-state index contributed by atoms with van der Waals surface area (Å²) in [6.07, 6.45) is 4.81. The molecule has 0 radical (unpaired) electrons. The van der Waals surface area contributed by atoms with Crippen LogP contribution < -0.4 is 10.1 Å². The van der Waals surface area contributed by atoms with Gasteiger partial charge in [-0.05, 0) is 13.0 Å². The third-order valence-electron chi connectivity index (χ3n) is 4.39. The summed E-state index contributed by atoms with van der Waals surface area (Å²) in [7, 11) is 3.63. The number of rotatable bonds is 4. The van der Waals surface area contributed by atoms with Crippen LogP contribution in [-0.2, 0) is 18.8 Å². The number of pyridine rings is 1. The topological polar surface area (TPSA) is 96.1 Å². The van der Waals surface area contributed by atoms with Gasteiger partial charge in [0.15, 0.2) is 11.4 Å². The van der Waals surface area contributed by atoms with Gasteiger partial charge in [-0.3, -0.25) is 14.2 Å². The van der Waals surface area contributed by atoms with Gasteiger partial charge in [0, 0.05) is 19.8 Å². The predicted octanol–water partition coefficient (Wildman–Crippen LogP) is 0.586. The molecule has 26 heavy (non-hydrogen) atoms. The van der Waals surface area contributed by atoms with Gasteiger partial charge >= 0.3 is 0 Å². The first-order valence-corrected chi connectivity index (χ1v) is 8.34. The third-order valence-corrected chi connectivity index (χ3v) is 4.39. The number of nitrogens with zero attached hydrogens (tertiary/aromatic N) is 5. The first-order valence-electron chi connectivity index (χ1n) is 8.34. The molecule has 3 aromatic rings. The molecule has 1 amide bonds. The lowest BCUT2D eigenvalue weighted by molar-refractivity contribution is 0.0905. The lowest BCUT2D eigenvalue weighted by Crippen LogP contribution is -2.45. The van der Waals surface area contributed by atoms with Crippen LogP contribution in [0.3, 0.4) is 0 Å². The molecule has 1 N–H and O–H groups in total. The lowest BCUT2D eigenvalue weighted by atomic mass is 10.1. The Bertz CT molecular complexity index is 963. The second kappa shape index (κ2) is 6.41. The van der Waals surface area contributed by atoms with E-state index >= 15 is 0 Å². The maximum Gasteiger partial charge on any atom is 0.252 e. The first kappa shape index (κ1) is 16.5. The summed E-state index contributed by atoms with van der Waals surface area (Å²) < 4.78 is 14.7. The van der Waals surface area contributed by atoms with Crippen molar-refractivity contribution in [3.8, 4) is 5.75 Å². The van der Waals surface area contributed by atoms with Crippen LogP contribution in [0.2, 0.25) is 0 Å². The highest BCUT2D eigenvalue weighted by Gasteiger charge is 2.32. The summed E-state index contributed by atoms with van der Waals surface area (Å²) in [5, 5.41) is 12.0. The molecule has 0 spiro atoms. The van der Waals surface area contributed by atoms with E-state index in [-0.39, 0.29) is 18.1 Å². The van der Waals surface area contributed by atoms with E-state index in [4.69, 9.17) is 9.47 Å².